The maximum absolute atomic E-state index is 13.2. The van der Waals surface area contributed by atoms with Gasteiger partial charge in [0.25, 0.3) is 0 Å². The van der Waals surface area contributed by atoms with E-state index in [1.54, 1.807) is 17.5 Å². The summed E-state index contributed by atoms with van der Waals surface area (Å²) in [6, 6.07) is 1.47. The highest BCUT2D eigenvalue weighted by atomic mass is 32.1. The van der Waals surface area contributed by atoms with Crippen molar-refractivity contribution in [3.63, 3.8) is 0 Å². The first-order chi connectivity index (χ1) is 8.65. The van der Waals surface area contributed by atoms with Gasteiger partial charge in [-0.25, -0.2) is 9.37 Å². The average molecular weight is 280 g/mol. The van der Waals surface area contributed by atoms with Gasteiger partial charge in [-0.15, -0.1) is 11.3 Å². The Kier molecular flexibility index (Phi) is 3.11. The fourth-order valence-corrected chi connectivity index (χ4v) is 3.73. The molecule has 1 atom stereocenters. The van der Waals surface area contributed by atoms with Crippen LogP contribution >= 0.6 is 24.0 Å². The second-order valence-electron chi connectivity index (χ2n) is 4.64. The predicted octanol–water partition coefficient (Wildman–Crippen LogP) is 4.03. The summed E-state index contributed by atoms with van der Waals surface area (Å²) in [7, 11) is 0. The minimum atomic E-state index is -0.327. The van der Waals surface area contributed by atoms with Crippen LogP contribution in [0.1, 0.15) is 28.7 Å². The van der Waals surface area contributed by atoms with E-state index in [1.807, 2.05) is 6.92 Å². The summed E-state index contributed by atoms with van der Waals surface area (Å²) in [4.78, 5) is 9.59. The lowest BCUT2D eigenvalue weighted by molar-refractivity contribution is 0.622. The first kappa shape index (κ1) is 12.1. The topological polar surface area (TPSA) is 25.8 Å². The van der Waals surface area contributed by atoms with E-state index in [0.717, 1.165) is 16.3 Å². The maximum Gasteiger partial charge on any atom is 0.142 e. The number of aromatic nitrogens is 2. The van der Waals surface area contributed by atoms with Gasteiger partial charge in [0.05, 0.1) is 11.9 Å². The second kappa shape index (κ2) is 4.63. The molecule has 0 bridgehead atoms. The molecule has 0 aromatic carbocycles. The molecule has 2 aromatic rings. The van der Waals surface area contributed by atoms with Crippen LogP contribution in [0.2, 0.25) is 0 Å². The van der Waals surface area contributed by atoms with Crippen molar-refractivity contribution in [2.24, 2.45) is 5.92 Å². The van der Waals surface area contributed by atoms with Crippen LogP contribution in [0.25, 0.3) is 10.6 Å². The molecule has 1 aliphatic carbocycles. The molecule has 0 N–H and O–H groups in total. The normalized spacial score (nSPS) is 16.8. The van der Waals surface area contributed by atoms with E-state index in [4.69, 9.17) is 0 Å². The third-order valence-electron chi connectivity index (χ3n) is 3.12. The summed E-state index contributed by atoms with van der Waals surface area (Å²) in [5.41, 5.74) is 1.75. The molecule has 5 heteroatoms. The van der Waals surface area contributed by atoms with Crippen molar-refractivity contribution in [2.75, 3.05) is 0 Å². The Bertz CT molecular complexity index is 578. The molecule has 3 rings (SSSR count). The number of halogens is 1. The maximum atomic E-state index is 13.2. The predicted molar refractivity (Wildman–Crippen MR) is 74.5 cm³/mol. The van der Waals surface area contributed by atoms with Crippen LogP contribution < -0.4 is 0 Å². The van der Waals surface area contributed by atoms with Crippen molar-refractivity contribution in [3.05, 3.63) is 34.8 Å². The quantitative estimate of drug-likeness (QED) is 0.859. The van der Waals surface area contributed by atoms with Crippen molar-refractivity contribution in [1.82, 2.24) is 9.97 Å². The Hall–Kier alpha value is -0.940. The Morgan fingerprint density at radius 3 is 2.89 bits per heavy atom. The van der Waals surface area contributed by atoms with E-state index in [1.165, 1.54) is 30.0 Å². The molecule has 94 valence electrons. The van der Waals surface area contributed by atoms with Crippen LogP contribution in [0.4, 0.5) is 4.39 Å². The van der Waals surface area contributed by atoms with Gasteiger partial charge < -0.3 is 0 Å². The van der Waals surface area contributed by atoms with Crippen LogP contribution in [0.5, 0.6) is 0 Å². The second-order valence-corrected chi connectivity index (χ2v) is 6.23. The molecule has 1 unspecified atom stereocenters. The van der Waals surface area contributed by atoms with Gasteiger partial charge in [0.15, 0.2) is 0 Å². The summed E-state index contributed by atoms with van der Waals surface area (Å²) >= 11 is 6.28. The largest absolute Gasteiger partial charge is 0.261 e. The SMILES string of the molecule is Cc1nc(-c2cncc(F)c2)sc1C(S)C1CC1. The number of pyridine rings is 1. The molecule has 1 aliphatic rings. The van der Waals surface area contributed by atoms with Crippen molar-refractivity contribution in [2.45, 2.75) is 25.0 Å². The molecule has 0 spiro atoms. The van der Waals surface area contributed by atoms with E-state index in [0.29, 0.717) is 5.92 Å². The van der Waals surface area contributed by atoms with Crippen molar-refractivity contribution < 1.29 is 4.39 Å². The van der Waals surface area contributed by atoms with E-state index < -0.39 is 0 Å². The molecule has 0 saturated heterocycles. The molecule has 2 aromatic heterocycles. The first-order valence-corrected chi connectivity index (χ1v) is 7.25. The summed E-state index contributed by atoms with van der Waals surface area (Å²) in [5.74, 6) is 0.359. The molecule has 0 aliphatic heterocycles. The highest BCUT2D eigenvalue weighted by molar-refractivity contribution is 7.80. The van der Waals surface area contributed by atoms with Gasteiger partial charge in [0.2, 0.25) is 0 Å². The minimum absolute atomic E-state index is 0.276. The Balaban J connectivity index is 1.96. The molecule has 0 radical (unpaired) electrons. The molecular weight excluding hydrogens is 267 g/mol. The lowest BCUT2D eigenvalue weighted by Gasteiger charge is -2.05. The number of rotatable bonds is 3. The summed E-state index contributed by atoms with van der Waals surface area (Å²) in [6.45, 7) is 1.99. The molecule has 2 nitrogen and oxygen atoms in total. The number of nitrogens with zero attached hydrogens (tertiary/aromatic N) is 2. The summed E-state index contributed by atoms with van der Waals surface area (Å²) in [5, 5.41) is 1.10. The Morgan fingerprint density at radius 2 is 2.22 bits per heavy atom. The molecular formula is C13H13FN2S2. The highest BCUT2D eigenvalue weighted by Crippen LogP contribution is 2.48. The zero-order chi connectivity index (χ0) is 12.7. The molecule has 2 heterocycles. The lowest BCUT2D eigenvalue weighted by Crippen LogP contribution is -1.91. The zero-order valence-corrected chi connectivity index (χ0v) is 11.6. The Labute approximate surface area is 115 Å². The molecule has 18 heavy (non-hydrogen) atoms. The van der Waals surface area contributed by atoms with Gasteiger partial charge in [0, 0.05) is 21.9 Å². The monoisotopic (exact) mass is 280 g/mol. The number of hydrogen-bond donors (Lipinski definition) is 1. The molecule has 1 saturated carbocycles. The van der Waals surface area contributed by atoms with E-state index >= 15 is 0 Å². The van der Waals surface area contributed by atoms with Crippen LogP contribution in [-0.4, -0.2) is 9.97 Å². The zero-order valence-electron chi connectivity index (χ0n) is 9.93. The van der Waals surface area contributed by atoms with Crippen LogP contribution in [-0.2, 0) is 0 Å². The standard InChI is InChI=1S/C13H13FN2S2/c1-7-12(11(17)8-2-3-8)18-13(16-7)9-4-10(14)6-15-5-9/h4-6,8,11,17H,2-3H2,1H3. The van der Waals surface area contributed by atoms with E-state index in [9.17, 15) is 4.39 Å². The number of thiol groups is 1. The lowest BCUT2D eigenvalue weighted by atomic mass is 10.2. The van der Waals surface area contributed by atoms with Gasteiger partial charge >= 0.3 is 0 Å². The minimum Gasteiger partial charge on any atom is -0.261 e. The number of hydrogen-bond acceptors (Lipinski definition) is 4. The molecule has 0 amide bonds. The van der Waals surface area contributed by atoms with Crippen molar-refractivity contribution >= 4 is 24.0 Å². The molecule has 1 fully saturated rings. The number of thiazole rings is 1. The summed E-state index contributed by atoms with van der Waals surface area (Å²) < 4.78 is 13.2. The van der Waals surface area contributed by atoms with Crippen LogP contribution in [0.3, 0.4) is 0 Å². The third-order valence-corrected chi connectivity index (χ3v) is 5.27. The van der Waals surface area contributed by atoms with Gasteiger partial charge in [-0.05, 0) is 31.7 Å². The van der Waals surface area contributed by atoms with Crippen LogP contribution in [0, 0.1) is 18.7 Å². The fraction of sp³-hybridized carbons (Fsp3) is 0.385. The van der Waals surface area contributed by atoms with E-state index in [2.05, 4.69) is 22.6 Å². The Morgan fingerprint density at radius 1 is 1.44 bits per heavy atom. The van der Waals surface area contributed by atoms with Gasteiger partial charge in [-0.2, -0.15) is 12.6 Å². The van der Waals surface area contributed by atoms with Crippen molar-refractivity contribution in [3.8, 4) is 10.6 Å². The third kappa shape index (κ3) is 2.29. The number of aryl methyl sites for hydroxylation is 1. The van der Waals surface area contributed by atoms with Crippen molar-refractivity contribution in [1.29, 1.82) is 0 Å². The smallest absolute Gasteiger partial charge is 0.142 e. The van der Waals surface area contributed by atoms with Gasteiger partial charge in [0.1, 0.15) is 10.8 Å². The first-order valence-electron chi connectivity index (χ1n) is 5.91. The highest BCUT2D eigenvalue weighted by Gasteiger charge is 2.32. The fourth-order valence-electron chi connectivity index (χ4n) is 1.96. The van der Waals surface area contributed by atoms with Crippen LogP contribution in [0.15, 0.2) is 18.5 Å². The van der Waals surface area contributed by atoms with Gasteiger partial charge in [-0.3, -0.25) is 4.98 Å². The van der Waals surface area contributed by atoms with E-state index in [-0.39, 0.29) is 11.1 Å². The summed E-state index contributed by atoms with van der Waals surface area (Å²) in [6.07, 6.45) is 5.36. The average Bonchev–Trinajstić information content (AvgIpc) is 3.12. The van der Waals surface area contributed by atoms with Gasteiger partial charge in [-0.1, -0.05) is 0 Å².